The maximum atomic E-state index is 12.1. The van der Waals surface area contributed by atoms with E-state index in [1.807, 2.05) is 50.2 Å². The molecule has 0 heterocycles. The molecule has 0 bridgehead atoms. The zero-order chi connectivity index (χ0) is 16.8. The first-order chi connectivity index (χ1) is 11.0. The largest absolute Gasteiger partial charge is 0.492 e. The summed E-state index contributed by atoms with van der Waals surface area (Å²) in [4.78, 5) is 25.7. The summed E-state index contributed by atoms with van der Waals surface area (Å²) >= 11 is 0. The van der Waals surface area contributed by atoms with Gasteiger partial charge in [0, 0.05) is 12.6 Å². The lowest BCUT2D eigenvalue weighted by atomic mass is 10.1. The van der Waals surface area contributed by atoms with Gasteiger partial charge in [-0.05, 0) is 26.0 Å². The maximum absolute atomic E-state index is 12.1. The molecule has 2 aromatic rings. The monoisotopic (exact) mass is 311 g/mol. The highest BCUT2D eigenvalue weighted by atomic mass is 16.5. The molecule has 0 spiro atoms. The van der Waals surface area contributed by atoms with Crippen molar-refractivity contribution in [2.75, 3.05) is 20.2 Å². The van der Waals surface area contributed by atoms with Gasteiger partial charge in [-0.3, -0.25) is 9.59 Å². The van der Waals surface area contributed by atoms with Gasteiger partial charge in [0.15, 0.2) is 0 Å². The number of amides is 1. The molecule has 1 amide bonds. The minimum absolute atomic E-state index is 0.340. The second kappa shape index (κ2) is 7.58. The lowest BCUT2D eigenvalue weighted by molar-refractivity contribution is -0.125. The van der Waals surface area contributed by atoms with Crippen molar-refractivity contribution in [1.82, 2.24) is 4.90 Å². The van der Waals surface area contributed by atoms with Crippen LogP contribution in [0, 0.1) is 13.8 Å². The van der Waals surface area contributed by atoms with Crippen LogP contribution in [0.2, 0.25) is 0 Å². The summed E-state index contributed by atoms with van der Waals surface area (Å²) in [5.41, 5.74) is 2.62. The third-order valence-corrected chi connectivity index (χ3v) is 3.57. The van der Waals surface area contributed by atoms with E-state index in [1.165, 1.54) is 4.90 Å². The summed E-state index contributed by atoms with van der Waals surface area (Å²) in [6.45, 7) is 4.63. The van der Waals surface area contributed by atoms with E-state index in [0.29, 0.717) is 18.7 Å². The van der Waals surface area contributed by atoms with Gasteiger partial charge in [0.2, 0.25) is 5.78 Å². The van der Waals surface area contributed by atoms with Crippen LogP contribution in [0.5, 0.6) is 5.75 Å². The molecule has 0 fully saturated rings. The van der Waals surface area contributed by atoms with Crippen molar-refractivity contribution in [1.29, 1.82) is 0 Å². The molecule has 120 valence electrons. The third-order valence-electron chi connectivity index (χ3n) is 3.57. The molecule has 0 saturated carbocycles. The quantitative estimate of drug-likeness (QED) is 0.608. The topological polar surface area (TPSA) is 46.6 Å². The molecule has 0 saturated heterocycles. The lowest BCUT2D eigenvalue weighted by Crippen LogP contribution is -2.36. The fourth-order valence-corrected chi connectivity index (χ4v) is 2.04. The summed E-state index contributed by atoms with van der Waals surface area (Å²) in [5, 5.41) is 0. The van der Waals surface area contributed by atoms with Crippen molar-refractivity contribution in [3.05, 3.63) is 65.2 Å². The number of hydrogen-bond donors (Lipinski definition) is 0. The molecule has 0 aliphatic heterocycles. The van der Waals surface area contributed by atoms with Crippen LogP contribution in [-0.4, -0.2) is 36.8 Å². The van der Waals surface area contributed by atoms with E-state index in [1.54, 1.807) is 19.2 Å². The van der Waals surface area contributed by atoms with E-state index in [4.69, 9.17) is 4.74 Å². The van der Waals surface area contributed by atoms with Crippen molar-refractivity contribution in [2.45, 2.75) is 13.8 Å². The van der Waals surface area contributed by atoms with E-state index in [0.717, 1.165) is 16.9 Å². The van der Waals surface area contributed by atoms with E-state index >= 15 is 0 Å². The van der Waals surface area contributed by atoms with Crippen LogP contribution in [0.4, 0.5) is 0 Å². The van der Waals surface area contributed by atoms with E-state index < -0.39 is 11.7 Å². The van der Waals surface area contributed by atoms with Crippen LogP contribution >= 0.6 is 0 Å². The Bertz CT molecular complexity index is 675. The van der Waals surface area contributed by atoms with E-state index in [-0.39, 0.29) is 0 Å². The second-order valence-corrected chi connectivity index (χ2v) is 5.58. The molecular formula is C19H21NO3. The molecule has 2 aromatic carbocycles. The number of nitrogens with zero attached hydrogens (tertiary/aromatic N) is 1. The molecule has 0 aliphatic rings. The Morgan fingerprint density at radius 3 is 2.00 bits per heavy atom. The molecule has 23 heavy (non-hydrogen) atoms. The van der Waals surface area contributed by atoms with Gasteiger partial charge in [0.05, 0.1) is 6.54 Å². The van der Waals surface area contributed by atoms with Crippen molar-refractivity contribution < 1.29 is 14.3 Å². The summed E-state index contributed by atoms with van der Waals surface area (Å²) < 4.78 is 5.58. The number of ketones is 1. The second-order valence-electron chi connectivity index (χ2n) is 5.58. The Kier molecular flexibility index (Phi) is 5.52. The Labute approximate surface area is 136 Å². The average molecular weight is 311 g/mol. The number of Topliss-reactive ketones (excluding diaryl/α,β-unsaturated/α-hetero) is 1. The lowest BCUT2D eigenvalue weighted by Gasteiger charge is -2.16. The standard InChI is InChI=1S/C19H21NO3/c1-14-4-8-16(9-5-14)18(21)19(22)20(3)12-13-23-17-10-6-15(2)7-11-17/h4-11H,12-13H2,1-3H3. The molecular weight excluding hydrogens is 290 g/mol. The van der Waals surface area contributed by atoms with E-state index in [9.17, 15) is 9.59 Å². The number of carbonyl (C=O) groups excluding carboxylic acids is 2. The molecule has 0 aliphatic carbocycles. The summed E-state index contributed by atoms with van der Waals surface area (Å²) in [6.07, 6.45) is 0. The van der Waals surface area contributed by atoms with Gasteiger partial charge in [0.1, 0.15) is 12.4 Å². The molecule has 0 radical (unpaired) electrons. The van der Waals surface area contributed by atoms with Gasteiger partial charge >= 0.3 is 0 Å². The third kappa shape index (κ3) is 4.68. The van der Waals surface area contributed by atoms with Gasteiger partial charge in [-0.2, -0.15) is 0 Å². The Balaban J connectivity index is 1.85. The first-order valence-corrected chi connectivity index (χ1v) is 7.53. The first-order valence-electron chi connectivity index (χ1n) is 7.53. The predicted octanol–water partition coefficient (Wildman–Crippen LogP) is 3.02. The SMILES string of the molecule is Cc1ccc(OCCN(C)C(=O)C(=O)c2ccc(C)cc2)cc1. The Hall–Kier alpha value is -2.62. The number of hydrogen-bond acceptors (Lipinski definition) is 3. The number of carbonyl (C=O) groups is 2. The smallest absolute Gasteiger partial charge is 0.294 e. The van der Waals surface area contributed by atoms with Crippen LogP contribution < -0.4 is 4.74 Å². The summed E-state index contributed by atoms with van der Waals surface area (Å²) in [6, 6.07) is 14.7. The molecule has 4 nitrogen and oxygen atoms in total. The van der Waals surface area contributed by atoms with Crippen molar-refractivity contribution in [3.63, 3.8) is 0 Å². The summed E-state index contributed by atoms with van der Waals surface area (Å²) in [5.74, 6) is -0.273. The number of benzene rings is 2. The number of rotatable bonds is 6. The Morgan fingerprint density at radius 1 is 0.913 bits per heavy atom. The fraction of sp³-hybridized carbons (Fsp3) is 0.263. The molecule has 0 aromatic heterocycles. The highest BCUT2D eigenvalue weighted by Crippen LogP contribution is 2.11. The molecule has 2 rings (SSSR count). The van der Waals surface area contributed by atoms with Crippen molar-refractivity contribution in [3.8, 4) is 5.75 Å². The minimum atomic E-state index is -0.527. The zero-order valence-corrected chi connectivity index (χ0v) is 13.7. The molecule has 0 unspecified atom stereocenters. The van der Waals surface area contributed by atoms with Gasteiger partial charge in [-0.25, -0.2) is 0 Å². The van der Waals surface area contributed by atoms with Crippen LogP contribution in [0.25, 0.3) is 0 Å². The van der Waals surface area contributed by atoms with Crippen molar-refractivity contribution >= 4 is 11.7 Å². The van der Waals surface area contributed by atoms with Gasteiger partial charge in [-0.15, -0.1) is 0 Å². The molecule has 0 atom stereocenters. The van der Waals surface area contributed by atoms with E-state index in [2.05, 4.69) is 0 Å². The van der Waals surface area contributed by atoms with Crippen LogP contribution in [0.1, 0.15) is 21.5 Å². The average Bonchev–Trinajstić information content (AvgIpc) is 2.56. The fourth-order valence-electron chi connectivity index (χ4n) is 2.04. The van der Waals surface area contributed by atoms with Gasteiger partial charge in [0.25, 0.3) is 5.91 Å². The highest BCUT2D eigenvalue weighted by Gasteiger charge is 2.20. The normalized spacial score (nSPS) is 10.2. The van der Waals surface area contributed by atoms with Crippen LogP contribution in [0.3, 0.4) is 0 Å². The number of ether oxygens (including phenoxy) is 1. The summed E-state index contributed by atoms with van der Waals surface area (Å²) in [7, 11) is 1.60. The highest BCUT2D eigenvalue weighted by molar-refractivity contribution is 6.42. The van der Waals surface area contributed by atoms with Crippen molar-refractivity contribution in [2.24, 2.45) is 0 Å². The Morgan fingerprint density at radius 2 is 1.43 bits per heavy atom. The first kappa shape index (κ1) is 16.7. The predicted molar refractivity (Wildman–Crippen MR) is 89.8 cm³/mol. The van der Waals surface area contributed by atoms with Gasteiger partial charge in [-0.1, -0.05) is 47.5 Å². The minimum Gasteiger partial charge on any atom is -0.492 e. The molecule has 4 heteroatoms. The zero-order valence-electron chi connectivity index (χ0n) is 13.7. The van der Waals surface area contributed by atoms with Crippen LogP contribution in [0.15, 0.2) is 48.5 Å². The number of likely N-dealkylation sites (N-methyl/N-ethyl adjacent to an activating group) is 1. The van der Waals surface area contributed by atoms with Crippen LogP contribution in [-0.2, 0) is 4.79 Å². The maximum Gasteiger partial charge on any atom is 0.294 e. The number of aryl methyl sites for hydroxylation is 2. The molecule has 0 N–H and O–H groups in total. The van der Waals surface area contributed by atoms with Gasteiger partial charge < -0.3 is 9.64 Å².